The Kier molecular flexibility index (Phi) is 4.54. The van der Waals surface area contributed by atoms with Crippen LogP contribution in [-0.2, 0) is 9.53 Å². The van der Waals surface area contributed by atoms with Gasteiger partial charge in [0, 0.05) is 20.2 Å². The predicted octanol–water partition coefficient (Wildman–Crippen LogP) is 0.527. The first kappa shape index (κ1) is 12.5. The summed E-state index contributed by atoms with van der Waals surface area (Å²) in [5, 5.41) is 6.22. The lowest BCUT2D eigenvalue weighted by Gasteiger charge is -2.25. The normalized spacial score (nSPS) is 27.7. The standard InChI is InChI=1S/C11H22N2O2/c1-4-11(5-6-12-8-11)10(14)13-7-9(2)15-3/h9,12H,4-8H2,1-3H3,(H,13,14). The van der Waals surface area contributed by atoms with E-state index in [1.54, 1.807) is 7.11 Å². The van der Waals surface area contributed by atoms with Gasteiger partial charge in [-0.15, -0.1) is 0 Å². The Morgan fingerprint density at radius 3 is 2.87 bits per heavy atom. The van der Waals surface area contributed by atoms with Gasteiger partial charge in [0.25, 0.3) is 0 Å². The molecule has 2 N–H and O–H groups in total. The van der Waals surface area contributed by atoms with Crippen molar-refractivity contribution < 1.29 is 9.53 Å². The molecule has 15 heavy (non-hydrogen) atoms. The van der Waals surface area contributed by atoms with Crippen LogP contribution in [0.25, 0.3) is 0 Å². The number of amides is 1. The van der Waals surface area contributed by atoms with E-state index < -0.39 is 0 Å². The van der Waals surface area contributed by atoms with Crippen molar-refractivity contribution in [3.63, 3.8) is 0 Å². The Morgan fingerprint density at radius 1 is 1.67 bits per heavy atom. The van der Waals surface area contributed by atoms with Gasteiger partial charge in [-0.3, -0.25) is 4.79 Å². The smallest absolute Gasteiger partial charge is 0.227 e. The molecular weight excluding hydrogens is 192 g/mol. The van der Waals surface area contributed by atoms with Crippen LogP contribution in [0.15, 0.2) is 0 Å². The minimum atomic E-state index is -0.187. The Balaban J connectivity index is 2.44. The fourth-order valence-electron chi connectivity index (χ4n) is 1.91. The highest BCUT2D eigenvalue weighted by Crippen LogP contribution is 2.29. The summed E-state index contributed by atoms with van der Waals surface area (Å²) in [5.74, 6) is 0.166. The van der Waals surface area contributed by atoms with E-state index in [0.29, 0.717) is 6.54 Å². The number of hydrogen-bond donors (Lipinski definition) is 2. The maximum absolute atomic E-state index is 12.0. The molecule has 0 aromatic heterocycles. The summed E-state index contributed by atoms with van der Waals surface area (Å²) in [7, 11) is 1.66. The van der Waals surface area contributed by atoms with Crippen LogP contribution in [-0.4, -0.2) is 38.8 Å². The van der Waals surface area contributed by atoms with Gasteiger partial charge in [-0.05, 0) is 26.3 Å². The first-order valence-electron chi connectivity index (χ1n) is 5.66. The van der Waals surface area contributed by atoms with Gasteiger partial charge in [0.1, 0.15) is 0 Å². The molecule has 0 bridgehead atoms. The van der Waals surface area contributed by atoms with Gasteiger partial charge in [-0.2, -0.15) is 0 Å². The van der Waals surface area contributed by atoms with Crippen LogP contribution in [0.3, 0.4) is 0 Å². The highest BCUT2D eigenvalue weighted by molar-refractivity contribution is 5.83. The number of nitrogens with one attached hydrogen (secondary N) is 2. The maximum Gasteiger partial charge on any atom is 0.227 e. The van der Waals surface area contributed by atoms with E-state index in [4.69, 9.17) is 4.74 Å². The number of rotatable bonds is 5. The number of ether oxygens (including phenoxy) is 1. The average molecular weight is 214 g/mol. The molecule has 1 aliphatic heterocycles. The van der Waals surface area contributed by atoms with Crippen molar-refractivity contribution in [1.82, 2.24) is 10.6 Å². The fraction of sp³-hybridized carbons (Fsp3) is 0.909. The lowest BCUT2D eigenvalue weighted by atomic mass is 9.83. The van der Waals surface area contributed by atoms with Crippen LogP contribution >= 0.6 is 0 Å². The molecule has 1 heterocycles. The molecular formula is C11H22N2O2. The predicted molar refractivity (Wildman–Crippen MR) is 59.7 cm³/mol. The van der Waals surface area contributed by atoms with E-state index in [1.165, 1.54) is 0 Å². The summed E-state index contributed by atoms with van der Waals surface area (Å²) >= 11 is 0. The van der Waals surface area contributed by atoms with Crippen molar-refractivity contribution >= 4 is 5.91 Å². The Morgan fingerprint density at radius 2 is 2.40 bits per heavy atom. The average Bonchev–Trinajstić information content (AvgIpc) is 2.75. The zero-order chi connectivity index (χ0) is 11.3. The van der Waals surface area contributed by atoms with Crippen LogP contribution in [0, 0.1) is 5.41 Å². The van der Waals surface area contributed by atoms with Crippen LogP contribution < -0.4 is 10.6 Å². The second-order valence-electron chi connectivity index (χ2n) is 4.32. The molecule has 1 aliphatic rings. The minimum absolute atomic E-state index is 0.0808. The van der Waals surface area contributed by atoms with Crippen molar-refractivity contribution in [3.05, 3.63) is 0 Å². The van der Waals surface area contributed by atoms with E-state index in [-0.39, 0.29) is 17.4 Å². The number of hydrogen-bond acceptors (Lipinski definition) is 3. The molecule has 1 amide bonds. The third-order valence-corrected chi connectivity index (χ3v) is 3.35. The lowest BCUT2D eigenvalue weighted by Crippen LogP contribution is -2.44. The Hall–Kier alpha value is -0.610. The zero-order valence-corrected chi connectivity index (χ0v) is 9.93. The zero-order valence-electron chi connectivity index (χ0n) is 9.93. The van der Waals surface area contributed by atoms with Crippen LogP contribution in [0.1, 0.15) is 26.7 Å². The van der Waals surface area contributed by atoms with Crippen LogP contribution in [0.2, 0.25) is 0 Å². The molecule has 0 aliphatic carbocycles. The van der Waals surface area contributed by atoms with Crippen molar-refractivity contribution in [2.75, 3.05) is 26.7 Å². The molecule has 0 radical (unpaired) electrons. The van der Waals surface area contributed by atoms with Crippen molar-refractivity contribution in [2.24, 2.45) is 5.41 Å². The molecule has 1 rings (SSSR count). The van der Waals surface area contributed by atoms with Gasteiger partial charge in [0.05, 0.1) is 11.5 Å². The molecule has 1 fully saturated rings. The molecule has 4 nitrogen and oxygen atoms in total. The van der Waals surface area contributed by atoms with Crippen molar-refractivity contribution in [1.29, 1.82) is 0 Å². The SMILES string of the molecule is CCC1(C(=O)NCC(C)OC)CCNC1. The molecule has 0 spiro atoms. The summed E-state index contributed by atoms with van der Waals surface area (Å²) in [4.78, 5) is 12.0. The summed E-state index contributed by atoms with van der Waals surface area (Å²) in [5.41, 5.74) is -0.187. The maximum atomic E-state index is 12.0. The summed E-state index contributed by atoms with van der Waals surface area (Å²) in [6.45, 7) is 6.37. The van der Waals surface area contributed by atoms with E-state index in [1.807, 2.05) is 6.92 Å². The molecule has 0 aromatic carbocycles. The van der Waals surface area contributed by atoms with Gasteiger partial charge in [0.15, 0.2) is 0 Å². The topological polar surface area (TPSA) is 50.4 Å². The fourth-order valence-corrected chi connectivity index (χ4v) is 1.91. The minimum Gasteiger partial charge on any atom is -0.380 e. The van der Waals surface area contributed by atoms with Gasteiger partial charge >= 0.3 is 0 Å². The first-order valence-corrected chi connectivity index (χ1v) is 5.66. The van der Waals surface area contributed by atoms with Gasteiger partial charge in [-0.1, -0.05) is 6.92 Å². The second-order valence-corrected chi connectivity index (χ2v) is 4.32. The quantitative estimate of drug-likeness (QED) is 0.702. The summed E-state index contributed by atoms with van der Waals surface area (Å²) < 4.78 is 5.10. The third-order valence-electron chi connectivity index (χ3n) is 3.35. The highest BCUT2D eigenvalue weighted by Gasteiger charge is 2.39. The van der Waals surface area contributed by atoms with Crippen LogP contribution in [0.5, 0.6) is 0 Å². The largest absolute Gasteiger partial charge is 0.380 e. The highest BCUT2D eigenvalue weighted by atomic mass is 16.5. The van der Waals surface area contributed by atoms with Gasteiger partial charge in [0.2, 0.25) is 5.91 Å². The lowest BCUT2D eigenvalue weighted by molar-refractivity contribution is -0.130. The summed E-state index contributed by atoms with van der Waals surface area (Å²) in [6, 6.07) is 0. The Labute approximate surface area is 91.8 Å². The summed E-state index contributed by atoms with van der Waals surface area (Å²) in [6.07, 6.45) is 1.92. The van der Waals surface area contributed by atoms with E-state index in [9.17, 15) is 4.79 Å². The first-order chi connectivity index (χ1) is 7.14. The number of methoxy groups -OCH3 is 1. The van der Waals surface area contributed by atoms with Crippen LogP contribution in [0.4, 0.5) is 0 Å². The monoisotopic (exact) mass is 214 g/mol. The number of carbonyl (C=O) groups excluding carboxylic acids is 1. The molecule has 4 heteroatoms. The van der Waals surface area contributed by atoms with Crippen molar-refractivity contribution in [3.8, 4) is 0 Å². The van der Waals surface area contributed by atoms with E-state index in [0.717, 1.165) is 25.9 Å². The van der Waals surface area contributed by atoms with E-state index in [2.05, 4.69) is 17.6 Å². The molecule has 0 aromatic rings. The van der Waals surface area contributed by atoms with Gasteiger partial charge in [-0.25, -0.2) is 0 Å². The molecule has 2 atom stereocenters. The van der Waals surface area contributed by atoms with Crippen molar-refractivity contribution in [2.45, 2.75) is 32.8 Å². The Bertz CT molecular complexity index is 213. The molecule has 1 saturated heterocycles. The second kappa shape index (κ2) is 5.47. The number of carbonyl (C=O) groups is 1. The third kappa shape index (κ3) is 2.92. The van der Waals surface area contributed by atoms with Gasteiger partial charge < -0.3 is 15.4 Å². The molecule has 88 valence electrons. The molecule has 0 saturated carbocycles. The molecule has 2 unspecified atom stereocenters. The van der Waals surface area contributed by atoms with E-state index >= 15 is 0 Å².